The summed E-state index contributed by atoms with van der Waals surface area (Å²) in [6, 6.07) is 0.581. The molecule has 0 fully saturated rings. The lowest BCUT2D eigenvalue weighted by molar-refractivity contribution is 0.0916. The zero-order valence-electron chi connectivity index (χ0n) is 9.05. The Balaban J connectivity index is 3.28. The van der Waals surface area contributed by atoms with Crippen LogP contribution in [0.1, 0.15) is 27.2 Å². The first-order chi connectivity index (χ1) is 6.22. The van der Waals surface area contributed by atoms with Crippen molar-refractivity contribution in [3.63, 3.8) is 0 Å². The van der Waals surface area contributed by atoms with Gasteiger partial charge in [0.25, 0.3) is 0 Å². The fourth-order valence-corrected chi connectivity index (χ4v) is 1.33. The minimum absolute atomic E-state index is 0.112. The summed E-state index contributed by atoms with van der Waals surface area (Å²) in [4.78, 5) is 0. The van der Waals surface area contributed by atoms with Crippen molar-refractivity contribution in [2.75, 3.05) is 26.4 Å². The van der Waals surface area contributed by atoms with Gasteiger partial charge in [0.1, 0.15) is 0 Å². The van der Waals surface area contributed by atoms with Gasteiger partial charge in [0.05, 0.1) is 19.8 Å². The number of nitrogens with one attached hydrogen (secondary N) is 1. The molecular weight excluding hydrogens is 166 g/mol. The summed E-state index contributed by atoms with van der Waals surface area (Å²) in [5, 5.41) is 11.9. The van der Waals surface area contributed by atoms with E-state index in [2.05, 4.69) is 26.1 Å². The molecule has 3 nitrogen and oxygen atoms in total. The van der Waals surface area contributed by atoms with E-state index in [-0.39, 0.29) is 6.61 Å². The Labute approximate surface area is 81.5 Å². The number of aliphatic hydroxyl groups excluding tert-OH is 1. The summed E-state index contributed by atoms with van der Waals surface area (Å²) >= 11 is 0. The average Bonchev–Trinajstić information content (AvgIpc) is 2.10. The third-order valence-electron chi connectivity index (χ3n) is 2.13. The summed E-state index contributed by atoms with van der Waals surface area (Å²) in [5.74, 6) is 0.669. The zero-order chi connectivity index (χ0) is 10.1. The highest BCUT2D eigenvalue weighted by atomic mass is 16.5. The van der Waals surface area contributed by atoms with Gasteiger partial charge in [0.2, 0.25) is 0 Å². The van der Waals surface area contributed by atoms with Gasteiger partial charge >= 0.3 is 0 Å². The predicted molar refractivity (Wildman–Crippen MR) is 54.8 cm³/mol. The van der Waals surface area contributed by atoms with E-state index in [4.69, 9.17) is 9.84 Å². The molecule has 0 rings (SSSR count). The van der Waals surface area contributed by atoms with E-state index < -0.39 is 0 Å². The molecule has 0 unspecified atom stereocenters. The summed E-state index contributed by atoms with van der Waals surface area (Å²) in [7, 11) is 0. The number of aliphatic hydroxyl groups is 1. The number of hydrogen-bond acceptors (Lipinski definition) is 3. The molecule has 0 amide bonds. The second kappa shape index (κ2) is 8.48. The van der Waals surface area contributed by atoms with Gasteiger partial charge in [0.15, 0.2) is 0 Å². The molecule has 0 radical (unpaired) electrons. The van der Waals surface area contributed by atoms with E-state index in [9.17, 15) is 0 Å². The number of hydrogen-bond donors (Lipinski definition) is 2. The van der Waals surface area contributed by atoms with Crippen molar-refractivity contribution >= 4 is 0 Å². The standard InChI is InChI=1S/C10H23NO2/c1-4-10(9(2)3)11-5-7-13-8-6-12/h9-12H,4-8H2,1-3H3/t10-/m1/s1. The number of rotatable bonds is 8. The Morgan fingerprint density at radius 2 is 2.00 bits per heavy atom. The van der Waals surface area contributed by atoms with Crippen LogP contribution in [-0.2, 0) is 4.74 Å². The van der Waals surface area contributed by atoms with Gasteiger partial charge in [0, 0.05) is 12.6 Å². The summed E-state index contributed by atoms with van der Waals surface area (Å²) in [5.41, 5.74) is 0. The molecule has 0 heterocycles. The second-order valence-corrected chi connectivity index (χ2v) is 3.55. The molecule has 0 saturated heterocycles. The van der Waals surface area contributed by atoms with Crippen LogP contribution in [0.2, 0.25) is 0 Å². The van der Waals surface area contributed by atoms with E-state index in [0.29, 0.717) is 25.2 Å². The average molecular weight is 189 g/mol. The fourth-order valence-electron chi connectivity index (χ4n) is 1.33. The molecule has 13 heavy (non-hydrogen) atoms. The molecule has 2 N–H and O–H groups in total. The van der Waals surface area contributed by atoms with Crippen LogP contribution >= 0.6 is 0 Å². The molecule has 0 aromatic carbocycles. The van der Waals surface area contributed by atoms with Gasteiger partial charge < -0.3 is 15.2 Å². The molecule has 0 spiro atoms. The summed E-state index contributed by atoms with van der Waals surface area (Å²) < 4.78 is 5.14. The zero-order valence-corrected chi connectivity index (χ0v) is 9.05. The van der Waals surface area contributed by atoms with Gasteiger partial charge in [-0.25, -0.2) is 0 Å². The summed E-state index contributed by atoms with van der Waals surface area (Å²) in [6.45, 7) is 8.74. The lowest BCUT2D eigenvalue weighted by atomic mass is 10.0. The quantitative estimate of drug-likeness (QED) is 0.560. The van der Waals surface area contributed by atoms with Crippen LogP contribution in [0.5, 0.6) is 0 Å². The topological polar surface area (TPSA) is 41.5 Å². The van der Waals surface area contributed by atoms with Crippen LogP contribution < -0.4 is 5.32 Å². The lowest BCUT2D eigenvalue weighted by Gasteiger charge is -2.20. The first-order valence-electron chi connectivity index (χ1n) is 5.14. The molecule has 0 saturated carbocycles. The van der Waals surface area contributed by atoms with Gasteiger partial charge in [-0.05, 0) is 12.3 Å². The van der Waals surface area contributed by atoms with Gasteiger partial charge in [-0.1, -0.05) is 20.8 Å². The van der Waals surface area contributed by atoms with Crippen LogP contribution in [0.15, 0.2) is 0 Å². The Morgan fingerprint density at radius 3 is 2.46 bits per heavy atom. The molecule has 0 aliphatic rings. The largest absolute Gasteiger partial charge is 0.394 e. The van der Waals surface area contributed by atoms with Crippen LogP contribution in [0.4, 0.5) is 0 Å². The van der Waals surface area contributed by atoms with Crippen LogP contribution in [-0.4, -0.2) is 37.5 Å². The van der Waals surface area contributed by atoms with E-state index in [1.54, 1.807) is 0 Å². The highest BCUT2D eigenvalue weighted by molar-refractivity contribution is 4.67. The Morgan fingerprint density at radius 1 is 1.31 bits per heavy atom. The van der Waals surface area contributed by atoms with Crippen molar-refractivity contribution in [2.45, 2.75) is 33.2 Å². The van der Waals surface area contributed by atoms with E-state index in [0.717, 1.165) is 13.0 Å². The minimum Gasteiger partial charge on any atom is -0.394 e. The van der Waals surface area contributed by atoms with E-state index in [1.807, 2.05) is 0 Å². The Bertz CT molecular complexity index is 107. The van der Waals surface area contributed by atoms with Crippen molar-refractivity contribution in [2.24, 2.45) is 5.92 Å². The first kappa shape index (κ1) is 12.9. The van der Waals surface area contributed by atoms with Crippen molar-refractivity contribution in [3.8, 4) is 0 Å². The maximum absolute atomic E-state index is 8.46. The maximum atomic E-state index is 8.46. The van der Waals surface area contributed by atoms with Gasteiger partial charge in [-0.3, -0.25) is 0 Å². The van der Waals surface area contributed by atoms with Gasteiger partial charge in [-0.15, -0.1) is 0 Å². The lowest BCUT2D eigenvalue weighted by Crippen LogP contribution is -2.35. The molecule has 0 aromatic heterocycles. The van der Waals surface area contributed by atoms with Gasteiger partial charge in [-0.2, -0.15) is 0 Å². The molecule has 0 aliphatic heterocycles. The van der Waals surface area contributed by atoms with Crippen molar-refractivity contribution in [3.05, 3.63) is 0 Å². The maximum Gasteiger partial charge on any atom is 0.0698 e. The monoisotopic (exact) mass is 189 g/mol. The van der Waals surface area contributed by atoms with Crippen molar-refractivity contribution < 1.29 is 9.84 Å². The van der Waals surface area contributed by atoms with E-state index in [1.165, 1.54) is 0 Å². The van der Waals surface area contributed by atoms with Crippen molar-refractivity contribution in [1.82, 2.24) is 5.32 Å². The SMILES string of the molecule is CC[C@@H](NCCOCCO)C(C)C. The highest BCUT2D eigenvalue weighted by Gasteiger charge is 2.08. The number of ether oxygens (including phenoxy) is 1. The van der Waals surface area contributed by atoms with Crippen molar-refractivity contribution in [1.29, 1.82) is 0 Å². The van der Waals surface area contributed by atoms with Crippen LogP contribution in [0.25, 0.3) is 0 Å². The van der Waals surface area contributed by atoms with Crippen LogP contribution in [0.3, 0.4) is 0 Å². The molecule has 1 atom stereocenters. The molecule has 80 valence electrons. The molecule has 0 bridgehead atoms. The van der Waals surface area contributed by atoms with Crippen LogP contribution in [0, 0.1) is 5.92 Å². The third-order valence-corrected chi connectivity index (χ3v) is 2.13. The molecule has 0 aromatic rings. The Hall–Kier alpha value is -0.120. The summed E-state index contributed by atoms with van der Waals surface area (Å²) in [6.07, 6.45) is 1.15. The molecule has 3 heteroatoms. The first-order valence-corrected chi connectivity index (χ1v) is 5.14. The smallest absolute Gasteiger partial charge is 0.0698 e. The highest BCUT2D eigenvalue weighted by Crippen LogP contribution is 2.04. The second-order valence-electron chi connectivity index (χ2n) is 3.55. The molecule has 0 aliphatic carbocycles. The fraction of sp³-hybridized carbons (Fsp3) is 1.00. The minimum atomic E-state index is 0.112. The molecular formula is C10H23NO2. The normalized spacial score (nSPS) is 13.6. The third kappa shape index (κ3) is 6.99. The Kier molecular flexibility index (Phi) is 8.40. The predicted octanol–water partition coefficient (Wildman–Crippen LogP) is 1.02. The van der Waals surface area contributed by atoms with E-state index >= 15 is 0 Å².